The Balaban J connectivity index is 1.83. The molecule has 1 aliphatic rings. The number of benzene rings is 2. The zero-order valence-corrected chi connectivity index (χ0v) is 11.6. The molecule has 0 saturated carbocycles. The van der Waals surface area contributed by atoms with Crippen molar-refractivity contribution < 1.29 is 4.79 Å². The smallest absolute Gasteiger partial charge is 0.173 e. The van der Waals surface area contributed by atoms with Gasteiger partial charge in [0.15, 0.2) is 5.78 Å². The molecule has 0 radical (unpaired) electrons. The van der Waals surface area contributed by atoms with E-state index in [1.165, 1.54) is 0 Å². The van der Waals surface area contributed by atoms with Crippen LogP contribution in [0.1, 0.15) is 15.9 Å². The highest BCUT2D eigenvalue weighted by molar-refractivity contribution is 6.00. The predicted molar refractivity (Wildman–Crippen MR) is 87.0 cm³/mol. The zero-order chi connectivity index (χ0) is 14.5. The van der Waals surface area contributed by atoms with Gasteiger partial charge < -0.3 is 0 Å². The first-order chi connectivity index (χ1) is 10.3. The van der Waals surface area contributed by atoms with E-state index in [1.807, 2.05) is 78.9 Å². The van der Waals surface area contributed by atoms with E-state index in [9.17, 15) is 4.79 Å². The van der Waals surface area contributed by atoms with Gasteiger partial charge in [-0.15, -0.1) is 0 Å². The summed E-state index contributed by atoms with van der Waals surface area (Å²) in [6.07, 6.45) is 9.96. The molecule has 0 saturated heterocycles. The second-order valence-electron chi connectivity index (χ2n) is 4.99. The van der Waals surface area contributed by atoms with Crippen molar-refractivity contribution in [3.05, 3.63) is 102 Å². The van der Waals surface area contributed by atoms with Crippen LogP contribution in [-0.4, -0.2) is 5.78 Å². The lowest BCUT2D eigenvalue weighted by Gasteiger charge is -2.06. The van der Waals surface area contributed by atoms with E-state index < -0.39 is 0 Å². The average Bonchev–Trinajstić information content (AvgIpc) is 2.82. The van der Waals surface area contributed by atoms with Gasteiger partial charge in [0.25, 0.3) is 0 Å². The summed E-state index contributed by atoms with van der Waals surface area (Å²) in [6.45, 7) is 0. The Morgan fingerprint density at radius 3 is 2.19 bits per heavy atom. The summed E-state index contributed by atoms with van der Waals surface area (Å²) in [5, 5.41) is 0. The third kappa shape index (κ3) is 3.09. The second-order valence-corrected chi connectivity index (χ2v) is 4.99. The van der Waals surface area contributed by atoms with Crippen molar-refractivity contribution in [3.8, 4) is 0 Å². The monoisotopic (exact) mass is 272 g/mol. The van der Waals surface area contributed by atoms with E-state index >= 15 is 0 Å². The molecule has 21 heavy (non-hydrogen) atoms. The molecule has 0 N–H and O–H groups in total. The van der Waals surface area contributed by atoms with Crippen LogP contribution in [0, 0.1) is 5.92 Å². The van der Waals surface area contributed by atoms with Crippen LogP contribution in [0.4, 0.5) is 0 Å². The number of allylic oxidation sites excluding steroid dienone is 6. The van der Waals surface area contributed by atoms with Gasteiger partial charge in [0.05, 0.1) is 5.92 Å². The van der Waals surface area contributed by atoms with Crippen LogP contribution in [0.5, 0.6) is 0 Å². The van der Waals surface area contributed by atoms with E-state index in [2.05, 4.69) is 12.1 Å². The average molecular weight is 272 g/mol. The lowest BCUT2D eigenvalue weighted by Crippen LogP contribution is -2.09. The first kappa shape index (κ1) is 13.3. The number of carbonyl (C=O) groups is 1. The minimum atomic E-state index is -0.204. The highest BCUT2D eigenvalue weighted by atomic mass is 16.1. The molecule has 102 valence electrons. The molecule has 1 unspecified atom stereocenters. The minimum Gasteiger partial charge on any atom is -0.293 e. The maximum Gasteiger partial charge on any atom is 0.173 e. The standard InChI is InChI=1S/C20H16O/c21-20(18-10-5-2-6-11-18)19-13-7-12-17(14-15-19)16-8-3-1-4-9-16/h1-15,19H. The molecule has 0 fully saturated rings. The van der Waals surface area contributed by atoms with Crippen molar-refractivity contribution in [2.24, 2.45) is 5.92 Å². The maximum atomic E-state index is 12.5. The second kappa shape index (κ2) is 6.19. The molecule has 1 aliphatic carbocycles. The van der Waals surface area contributed by atoms with Crippen LogP contribution in [0.3, 0.4) is 0 Å². The van der Waals surface area contributed by atoms with Crippen molar-refractivity contribution >= 4 is 11.4 Å². The van der Waals surface area contributed by atoms with Crippen molar-refractivity contribution in [3.63, 3.8) is 0 Å². The third-order valence-electron chi connectivity index (χ3n) is 3.55. The summed E-state index contributed by atoms with van der Waals surface area (Å²) in [4.78, 5) is 12.5. The van der Waals surface area contributed by atoms with Gasteiger partial charge >= 0.3 is 0 Å². The molecule has 0 heterocycles. The molecule has 0 spiro atoms. The normalized spacial score (nSPS) is 17.1. The van der Waals surface area contributed by atoms with Crippen molar-refractivity contribution in [2.75, 3.05) is 0 Å². The van der Waals surface area contributed by atoms with Gasteiger partial charge in [-0.2, -0.15) is 0 Å². The van der Waals surface area contributed by atoms with Crippen molar-refractivity contribution in [1.29, 1.82) is 0 Å². The SMILES string of the molecule is O=C(c1ccccc1)C1C=CC=C(c2ccccc2)C=C1. The zero-order valence-electron chi connectivity index (χ0n) is 11.6. The Hall–Kier alpha value is -2.67. The maximum absolute atomic E-state index is 12.5. The van der Waals surface area contributed by atoms with Crippen LogP contribution >= 0.6 is 0 Å². The molecule has 0 aliphatic heterocycles. The number of Topliss-reactive ketones (excluding diaryl/α,β-unsaturated/α-hetero) is 1. The fraction of sp³-hybridized carbons (Fsp3) is 0.0500. The lowest BCUT2D eigenvalue weighted by atomic mass is 9.96. The fourth-order valence-electron chi connectivity index (χ4n) is 2.40. The van der Waals surface area contributed by atoms with E-state index in [0.29, 0.717) is 0 Å². The van der Waals surface area contributed by atoms with Gasteiger partial charge in [-0.05, 0) is 11.1 Å². The van der Waals surface area contributed by atoms with E-state index in [4.69, 9.17) is 0 Å². The molecule has 0 aromatic heterocycles. The summed E-state index contributed by atoms with van der Waals surface area (Å²) in [7, 11) is 0. The molecule has 0 amide bonds. The molecule has 2 aromatic rings. The van der Waals surface area contributed by atoms with Crippen LogP contribution in [0.25, 0.3) is 5.57 Å². The van der Waals surface area contributed by atoms with E-state index in [-0.39, 0.29) is 11.7 Å². The number of carbonyl (C=O) groups excluding carboxylic acids is 1. The van der Waals surface area contributed by atoms with Crippen LogP contribution in [0.2, 0.25) is 0 Å². The number of hydrogen-bond acceptors (Lipinski definition) is 1. The molecule has 1 heteroatoms. The molecule has 2 aromatic carbocycles. The number of rotatable bonds is 3. The third-order valence-corrected chi connectivity index (χ3v) is 3.55. The van der Waals surface area contributed by atoms with E-state index in [0.717, 1.165) is 16.7 Å². The molecular weight excluding hydrogens is 256 g/mol. The van der Waals surface area contributed by atoms with Gasteiger partial charge in [0.2, 0.25) is 0 Å². The fourth-order valence-corrected chi connectivity index (χ4v) is 2.40. The van der Waals surface area contributed by atoms with Crippen LogP contribution in [-0.2, 0) is 0 Å². The summed E-state index contributed by atoms with van der Waals surface area (Å²) >= 11 is 0. The summed E-state index contributed by atoms with van der Waals surface area (Å²) in [6, 6.07) is 19.6. The van der Waals surface area contributed by atoms with Gasteiger partial charge in [-0.1, -0.05) is 91.0 Å². The summed E-state index contributed by atoms with van der Waals surface area (Å²) in [5.74, 6) is -0.0735. The van der Waals surface area contributed by atoms with Crippen LogP contribution < -0.4 is 0 Å². The Morgan fingerprint density at radius 1 is 0.810 bits per heavy atom. The topological polar surface area (TPSA) is 17.1 Å². The van der Waals surface area contributed by atoms with Crippen molar-refractivity contribution in [2.45, 2.75) is 0 Å². The molecule has 1 nitrogen and oxygen atoms in total. The lowest BCUT2D eigenvalue weighted by molar-refractivity contribution is 0.0965. The largest absolute Gasteiger partial charge is 0.293 e. The predicted octanol–water partition coefficient (Wildman–Crippen LogP) is 4.70. The number of hydrogen-bond donors (Lipinski definition) is 0. The molecule has 0 bridgehead atoms. The van der Waals surface area contributed by atoms with E-state index in [1.54, 1.807) is 0 Å². The minimum absolute atomic E-state index is 0.130. The van der Waals surface area contributed by atoms with Gasteiger partial charge in [-0.25, -0.2) is 0 Å². The molecule has 1 atom stereocenters. The Bertz CT molecular complexity index is 706. The first-order valence-electron chi connectivity index (χ1n) is 7.06. The van der Waals surface area contributed by atoms with Gasteiger partial charge in [0, 0.05) is 5.56 Å². The van der Waals surface area contributed by atoms with Gasteiger partial charge in [0.1, 0.15) is 0 Å². The molecular formula is C20H16O. The van der Waals surface area contributed by atoms with Crippen molar-refractivity contribution in [1.82, 2.24) is 0 Å². The Labute approximate surface area is 124 Å². The Kier molecular flexibility index (Phi) is 3.92. The van der Waals surface area contributed by atoms with Gasteiger partial charge in [-0.3, -0.25) is 4.79 Å². The Morgan fingerprint density at radius 2 is 1.48 bits per heavy atom. The van der Waals surface area contributed by atoms with Crippen LogP contribution in [0.15, 0.2) is 91.0 Å². The molecule has 3 rings (SSSR count). The summed E-state index contributed by atoms with van der Waals surface area (Å²) < 4.78 is 0. The summed E-state index contributed by atoms with van der Waals surface area (Å²) in [5.41, 5.74) is 3.03. The highest BCUT2D eigenvalue weighted by Gasteiger charge is 2.15. The quantitative estimate of drug-likeness (QED) is 0.740. The highest BCUT2D eigenvalue weighted by Crippen LogP contribution is 2.21. The first-order valence-corrected chi connectivity index (χ1v) is 7.06. The number of ketones is 1.